The maximum atomic E-state index is 12.8. The Bertz CT molecular complexity index is 457. The summed E-state index contributed by atoms with van der Waals surface area (Å²) in [5.41, 5.74) is 0. The van der Waals surface area contributed by atoms with Gasteiger partial charge in [-0.05, 0) is 51.4 Å². The second-order valence-electron chi connectivity index (χ2n) is 10.9. The van der Waals surface area contributed by atoms with Gasteiger partial charge in [0.2, 0.25) is 0 Å². The van der Waals surface area contributed by atoms with Gasteiger partial charge in [0.05, 0.1) is 0 Å². The minimum Gasteiger partial charge on any atom is -0.271 e. The molecule has 0 aromatic heterocycles. The summed E-state index contributed by atoms with van der Waals surface area (Å²) in [7, 11) is -2.06. The highest BCUT2D eigenvalue weighted by atomic mass is 31.1. The average molecular weight is 468 g/mol. The fourth-order valence-corrected chi connectivity index (χ4v) is 7.46. The Balaban J connectivity index is 1.29. The quantitative estimate of drug-likeness (QED) is 0.245. The van der Waals surface area contributed by atoms with Crippen LogP contribution in [0.25, 0.3) is 0 Å². The molecule has 0 saturated heterocycles. The Kier molecular flexibility index (Phi) is 10.7. The minimum absolute atomic E-state index is 0.484. The van der Waals surface area contributed by atoms with E-state index >= 15 is 0 Å². The van der Waals surface area contributed by atoms with Crippen LogP contribution in [0.3, 0.4) is 0 Å². The molecule has 32 heavy (non-hydrogen) atoms. The van der Waals surface area contributed by atoms with Crippen molar-refractivity contribution in [3.63, 3.8) is 0 Å². The molecule has 0 bridgehead atoms. The summed E-state index contributed by atoms with van der Waals surface area (Å²) in [4.78, 5) is 5.13. The van der Waals surface area contributed by atoms with Crippen molar-refractivity contribution in [2.24, 2.45) is 0 Å². The number of hydrogen-bond donors (Lipinski definition) is 0. The average Bonchev–Trinajstić information content (AvgIpc) is 2.87. The molecule has 6 heteroatoms. The second kappa shape index (κ2) is 13.7. The number of rotatable bonds is 10. The van der Waals surface area contributed by atoms with Crippen LogP contribution in [0.5, 0.6) is 0 Å². The largest absolute Gasteiger partial charge is 0.700 e. The molecule has 0 heterocycles. The van der Waals surface area contributed by atoms with Crippen molar-refractivity contribution in [1.82, 2.24) is 9.80 Å². The van der Waals surface area contributed by atoms with Gasteiger partial charge < -0.3 is 0 Å². The van der Waals surface area contributed by atoms with Gasteiger partial charge in [-0.15, -0.1) is 9.05 Å². The van der Waals surface area contributed by atoms with E-state index in [0.29, 0.717) is 37.6 Å². The lowest BCUT2D eigenvalue weighted by atomic mass is 9.89. The van der Waals surface area contributed by atoms with Gasteiger partial charge in [-0.1, -0.05) is 77.0 Å². The molecule has 0 amide bonds. The molecule has 0 radical (unpaired) electrons. The molecule has 4 aliphatic carbocycles. The zero-order valence-electron chi connectivity index (χ0n) is 20.4. The molecule has 0 atom stereocenters. The van der Waals surface area contributed by atoms with E-state index in [-0.39, 0.29) is 0 Å². The van der Waals surface area contributed by atoms with Gasteiger partial charge in [0.15, 0.2) is 13.5 Å². The standard InChI is InChI=1S/C26H48N2O3P/c29-32(30-21-27(23-13-5-1-6-14-23)24-15-7-2-8-16-24)31-22-28(25-17-9-3-10-18-25)26-19-11-4-12-20-26/h23-26H,1-22H2/q+1. The van der Waals surface area contributed by atoms with Gasteiger partial charge in [0, 0.05) is 28.7 Å². The number of hydrogen-bond acceptors (Lipinski definition) is 5. The predicted octanol–water partition coefficient (Wildman–Crippen LogP) is 7.53. The third-order valence-corrected chi connectivity index (χ3v) is 9.45. The van der Waals surface area contributed by atoms with E-state index in [1.807, 2.05) is 0 Å². The lowest BCUT2D eigenvalue weighted by Crippen LogP contribution is -2.46. The summed E-state index contributed by atoms with van der Waals surface area (Å²) in [5, 5.41) is 0. The molecule has 0 spiro atoms. The van der Waals surface area contributed by atoms with Crippen LogP contribution in [-0.4, -0.2) is 47.4 Å². The summed E-state index contributed by atoms with van der Waals surface area (Å²) in [6.45, 7) is 0.967. The van der Waals surface area contributed by atoms with Gasteiger partial charge in [-0.25, -0.2) is 0 Å². The van der Waals surface area contributed by atoms with Crippen LogP contribution < -0.4 is 0 Å². The van der Waals surface area contributed by atoms with Gasteiger partial charge in [0.25, 0.3) is 0 Å². The van der Waals surface area contributed by atoms with Crippen LogP contribution >= 0.6 is 8.25 Å². The maximum Gasteiger partial charge on any atom is 0.700 e. The van der Waals surface area contributed by atoms with E-state index in [4.69, 9.17) is 9.05 Å². The summed E-state index contributed by atoms with van der Waals surface area (Å²) in [5.74, 6) is 0. The van der Waals surface area contributed by atoms with Crippen LogP contribution in [-0.2, 0) is 13.6 Å². The predicted molar refractivity (Wildman–Crippen MR) is 131 cm³/mol. The van der Waals surface area contributed by atoms with Crippen molar-refractivity contribution < 1.29 is 13.6 Å². The zero-order valence-corrected chi connectivity index (χ0v) is 21.3. The normalized spacial score (nSPS) is 25.6. The topological polar surface area (TPSA) is 42.0 Å². The lowest BCUT2D eigenvalue weighted by Gasteiger charge is -2.40. The Hall–Kier alpha value is -0.0600. The first kappa shape index (κ1) is 25.0. The van der Waals surface area contributed by atoms with Crippen LogP contribution in [0, 0.1) is 0 Å². The first-order valence-electron chi connectivity index (χ1n) is 14.1. The Labute approximate surface area is 197 Å². The second-order valence-corrected chi connectivity index (χ2v) is 11.9. The molecule has 4 aliphatic rings. The SMILES string of the molecule is O=[P+](OCN(C1CCCCC1)C1CCCCC1)OCN(C1CCCCC1)C1CCCCC1. The van der Waals surface area contributed by atoms with Crippen LogP contribution in [0.1, 0.15) is 128 Å². The summed E-state index contributed by atoms with van der Waals surface area (Å²) in [6.07, 6.45) is 26.3. The minimum atomic E-state index is -2.06. The summed E-state index contributed by atoms with van der Waals surface area (Å²) < 4.78 is 24.7. The van der Waals surface area contributed by atoms with Gasteiger partial charge in [0.1, 0.15) is 0 Å². The third kappa shape index (κ3) is 7.47. The number of nitrogens with zero attached hydrogens (tertiary/aromatic N) is 2. The van der Waals surface area contributed by atoms with Crippen molar-refractivity contribution in [1.29, 1.82) is 0 Å². The molecule has 0 aliphatic heterocycles. The highest BCUT2D eigenvalue weighted by Crippen LogP contribution is 2.35. The third-order valence-electron chi connectivity index (χ3n) is 8.80. The highest BCUT2D eigenvalue weighted by molar-refractivity contribution is 7.33. The molecule has 0 aromatic carbocycles. The molecule has 4 fully saturated rings. The Morgan fingerprint density at radius 1 is 0.469 bits per heavy atom. The molecule has 4 rings (SSSR count). The van der Waals surface area contributed by atoms with E-state index in [1.54, 1.807) is 0 Å². The van der Waals surface area contributed by atoms with E-state index in [2.05, 4.69) is 9.80 Å². The van der Waals surface area contributed by atoms with Crippen molar-refractivity contribution >= 4 is 8.25 Å². The van der Waals surface area contributed by atoms with Crippen molar-refractivity contribution in [3.8, 4) is 0 Å². The van der Waals surface area contributed by atoms with Crippen molar-refractivity contribution in [2.75, 3.05) is 13.5 Å². The molecular formula is C26H48N2O3P+. The smallest absolute Gasteiger partial charge is 0.271 e. The Morgan fingerprint density at radius 2 is 0.719 bits per heavy atom. The highest BCUT2D eigenvalue weighted by Gasteiger charge is 2.35. The Morgan fingerprint density at radius 3 is 0.969 bits per heavy atom. The first-order valence-corrected chi connectivity index (χ1v) is 15.2. The summed E-state index contributed by atoms with van der Waals surface area (Å²) in [6, 6.07) is 2.43. The van der Waals surface area contributed by atoms with Gasteiger partial charge in [-0.2, -0.15) is 0 Å². The van der Waals surface area contributed by atoms with E-state index < -0.39 is 8.25 Å². The van der Waals surface area contributed by atoms with Gasteiger partial charge >= 0.3 is 8.25 Å². The first-order chi connectivity index (χ1) is 15.8. The van der Waals surface area contributed by atoms with E-state index in [1.165, 1.54) is 128 Å². The molecule has 5 nitrogen and oxygen atoms in total. The van der Waals surface area contributed by atoms with Crippen LogP contribution in [0.15, 0.2) is 0 Å². The lowest BCUT2D eigenvalue weighted by molar-refractivity contribution is -0.00977. The van der Waals surface area contributed by atoms with Crippen LogP contribution in [0.2, 0.25) is 0 Å². The van der Waals surface area contributed by atoms with Gasteiger partial charge in [-0.3, -0.25) is 9.80 Å². The molecule has 4 saturated carbocycles. The van der Waals surface area contributed by atoms with E-state index in [9.17, 15) is 4.57 Å². The molecule has 184 valence electrons. The molecular weight excluding hydrogens is 419 g/mol. The molecule has 0 unspecified atom stereocenters. The van der Waals surface area contributed by atoms with Crippen LogP contribution in [0.4, 0.5) is 0 Å². The monoisotopic (exact) mass is 467 g/mol. The maximum absolute atomic E-state index is 12.8. The molecule has 0 aromatic rings. The van der Waals surface area contributed by atoms with Crippen molar-refractivity contribution in [2.45, 2.75) is 153 Å². The fraction of sp³-hybridized carbons (Fsp3) is 1.00. The fourth-order valence-electron chi connectivity index (χ4n) is 6.93. The molecule has 0 N–H and O–H groups in total. The van der Waals surface area contributed by atoms with Crippen molar-refractivity contribution in [3.05, 3.63) is 0 Å². The van der Waals surface area contributed by atoms with E-state index in [0.717, 1.165) is 0 Å². The summed E-state index contributed by atoms with van der Waals surface area (Å²) >= 11 is 0. The zero-order chi connectivity index (χ0) is 22.0.